The first kappa shape index (κ1) is 13.1. The van der Waals surface area contributed by atoms with Crippen LogP contribution >= 0.6 is 0 Å². The summed E-state index contributed by atoms with van der Waals surface area (Å²) < 4.78 is 25.8. The average Bonchev–Trinajstić information content (AvgIpc) is 2.28. The predicted molar refractivity (Wildman–Crippen MR) is 57.4 cm³/mol. The number of hydrogen-bond acceptors (Lipinski definition) is 2. The Morgan fingerprint density at radius 2 is 2.06 bits per heavy atom. The normalized spacial score (nSPS) is 9.76. The van der Waals surface area contributed by atoms with E-state index in [1.54, 1.807) is 0 Å². The van der Waals surface area contributed by atoms with E-state index in [1.165, 1.54) is 0 Å². The Hall–Kier alpha value is -1.98. The van der Waals surface area contributed by atoms with Crippen molar-refractivity contribution in [2.24, 2.45) is 0 Å². The van der Waals surface area contributed by atoms with Gasteiger partial charge in [0.2, 0.25) is 6.41 Å². The Morgan fingerprint density at radius 1 is 1.29 bits per heavy atom. The maximum atomic E-state index is 13.2. The van der Waals surface area contributed by atoms with E-state index < -0.39 is 17.5 Å². The van der Waals surface area contributed by atoms with Gasteiger partial charge in [0.05, 0.1) is 5.56 Å². The van der Waals surface area contributed by atoms with Crippen LogP contribution in [0.4, 0.5) is 8.78 Å². The molecule has 92 valence electrons. The van der Waals surface area contributed by atoms with Crippen LogP contribution in [0.5, 0.6) is 0 Å². The lowest BCUT2D eigenvalue weighted by atomic mass is 10.2. The van der Waals surface area contributed by atoms with Gasteiger partial charge in [0.25, 0.3) is 5.91 Å². The van der Waals surface area contributed by atoms with Crippen LogP contribution < -0.4 is 10.6 Å². The molecule has 0 heterocycles. The molecule has 4 nitrogen and oxygen atoms in total. The minimum absolute atomic E-state index is 0.199. The van der Waals surface area contributed by atoms with E-state index in [0.29, 0.717) is 32.0 Å². The maximum Gasteiger partial charge on any atom is 0.254 e. The van der Waals surface area contributed by atoms with Crippen LogP contribution in [-0.4, -0.2) is 25.4 Å². The molecule has 0 aliphatic carbocycles. The standard InChI is InChI=1S/C11H12F2N2O2/c12-8-2-3-9(10(13)6-8)11(17)15-5-1-4-14-7-16/h2-3,6-7H,1,4-5H2,(H,14,16)(H,15,17). The summed E-state index contributed by atoms with van der Waals surface area (Å²) >= 11 is 0. The molecule has 0 aliphatic heterocycles. The second-order valence-corrected chi connectivity index (χ2v) is 3.31. The van der Waals surface area contributed by atoms with Crippen molar-refractivity contribution in [3.63, 3.8) is 0 Å². The van der Waals surface area contributed by atoms with E-state index in [-0.39, 0.29) is 5.56 Å². The highest BCUT2D eigenvalue weighted by Gasteiger charge is 2.11. The second-order valence-electron chi connectivity index (χ2n) is 3.31. The van der Waals surface area contributed by atoms with Crippen LogP contribution in [-0.2, 0) is 4.79 Å². The molecule has 1 aromatic carbocycles. The van der Waals surface area contributed by atoms with Crippen molar-refractivity contribution >= 4 is 12.3 Å². The quantitative estimate of drug-likeness (QED) is 0.573. The lowest BCUT2D eigenvalue weighted by Crippen LogP contribution is -2.27. The molecule has 17 heavy (non-hydrogen) atoms. The van der Waals surface area contributed by atoms with Gasteiger partial charge in [0, 0.05) is 19.2 Å². The highest BCUT2D eigenvalue weighted by atomic mass is 19.1. The largest absolute Gasteiger partial charge is 0.359 e. The number of rotatable bonds is 6. The molecule has 1 rings (SSSR count). The van der Waals surface area contributed by atoms with Crippen molar-refractivity contribution in [1.82, 2.24) is 10.6 Å². The van der Waals surface area contributed by atoms with E-state index in [9.17, 15) is 18.4 Å². The molecule has 0 unspecified atom stereocenters. The van der Waals surface area contributed by atoms with Crippen molar-refractivity contribution in [3.05, 3.63) is 35.4 Å². The number of hydrogen-bond donors (Lipinski definition) is 2. The first-order valence-electron chi connectivity index (χ1n) is 5.05. The summed E-state index contributed by atoms with van der Waals surface area (Å²) in [6, 6.07) is 2.76. The highest BCUT2D eigenvalue weighted by molar-refractivity contribution is 5.94. The SMILES string of the molecule is O=CNCCCNC(=O)c1ccc(F)cc1F. The third-order valence-corrected chi connectivity index (χ3v) is 2.04. The molecule has 0 saturated heterocycles. The van der Waals surface area contributed by atoms with Gasteiger partial charge in [-0.25, -0.2) is 8.78 Å². The van der Waals surface area contributed by atoms with E-state index in [0.717, 1.165) is 12.1 Å². The molecular formula is C11H12F2N2O2. The van der Waals surface area contributed by atoms with Crippen LogP contribution in [0.2, 0.25) is 0 Å². The van der Waals surface area contributed by atoms with Gasteiger partial charge >= 0.3 is 0 Å². The zero-order chi connectivity index (χ0) is 12.7. The van der Waals surface area contributed by atoms with Crippen LogP contribution in [0, 0.1) is 11.6 Å². The fourth-order valence-corrected chi connectivity index (χ4v) is 1.22. The lowest BCUT2D eigenvalue weighted by Gasteiger charge is -2.05. The minimum Gasteiger partial charge on any atom is -0.359 e. The zero-order valence-corrected chi connectivity index (χ0v) is 9.00. The minimum atomic E-state index is -0.895. The fourth-order valence-electron chi connectivity index (χ4n) is 1.22. The van der Waals surface area contributed by atoms with Gasteiger partial charge in [-0.2, -0.15) is 0 Å². The van der Waals surface area contributed by atoms with Crippen molar-refractivity contribution in [3.8, 4) is 0 Å². The predicted octanol–water partition coefficient (Wildman–Crippen LogP) is 0.831. The van der Waals surface area contributed by atoms with Crippen LogP contribution in [0.3, 0.4) is 0 Å². The van der Waals surface area contributed by atoms with Gasteiger partial charge in [-0.15, -0.1) is 0 Å². The summed E-state index contributed by atoms with van der Waals surface area (Å²) in [6.07, 6.45) is 1.09. The molecule has 2 amide bonds. The van der Waals surface area contributed by atoms with Gasteiger partial charge in [-0.1, -0.05) is 0 Å². The molecule has 0 aliphatic rings. The fraction of sp³-hybridized carbons (Fsp3) is 0.273. The summed E-state index contributed by atoms with van der Waals surface area (Å²) in [5, 5.41) is 4.89. The van der Waals surface area contributed by atoms with Gasteiger partial charge in [-0.05, 0) is 18.6 Å². The topological polar surface area (TPSA) is 58.2 Å². The number of benzene rings is 1. The average molecular weight is 242 g/mol. The van der Waals surface area contributed by atoms with E-state index >= 15 is 0 Å². The monoisotopic (exact) mass is 242 g/mol. The summed E-state index contributed by atoms with van der Waals surface area (Å²) in [5.41, 5.74) is -0.199. The number of halogens is 2. The van der Waals surface area contributed by atoms with Crippen molar-refractivity contribution in [2.75, 3.05) is 13.1 Å². The molecule has 0 spiro atoms. The van der Waals surface area contributed by atoms with Crippen molar-refractivity contribution in [2.45, 2.75) is 6.42 Å². The van der Waals surface area contributed by atoms with Crippen LogP contribution in [0.1, 0.15) is 16.8 Å². The van der Waals surface area contributed by atoms with E-state index in [2.05, 4.69) is 10.6 Å². The first-order chi connectivity index (χ1) is 8.15. The number of carbonyl (C=O) groups excluding carboxylic acids is 2. The molecule has 0 aromatic heterocycles. The van der Waals surface area contributed by atoms with Gasteiger partial charge in [0.1, 0.15) is 11.6 Å². The molecule has 2 N–H and O–H groups in total. The van der Waals surface area contributed by atoms with E-state index in [4.69, 9.17) is 0 Å². The van der Waals surface area contributed by atoms with Gasteiger partial charge < -0.3 is 10.6 Å². The molecule has 0 fully saturated rings. The van der Waals surface area contributed by atoms with Crippen LogP contribution in [0.25, 0.3) is 0 Å². The molecule has 0 saturated carbocycles. The molecular weight excluding hydrogens is 230 g/mol. The number of nitrogens with one attached hydrogen (secondary N) is 2. The molecule has 6 heteroatoms. The Morgan fingerprint density at radius 3 is 2.71 bits per heavy atom. The number of carbonyl (C=O) groups is 2. The molecule has 1 aromatic rings. The third kappa shape index (κ3) is 4.18. The smallest absolute Gasteiger partial charge is 0.254 e. The lowest BCUT2D eigenvalue weighted by molar-refractivity contribution is -0.109. The summed E-state index contributed by atoms with van der Waals surface area (Å²) in [6.45, 7) is 0.728. The zero-order valence-electron chi connectivity index (χ0n) is 9.00. The van der Waals surface area contributed by atoms with Crippen molar-refractivity contribution in [1.29, 1.82) is 0 Å². The molecule has 0 bridgehead atoms. The summed E-state index contributed by atoms with van der Waals surface area (Å²) in [7, 11) is 0. The third-order valence-electron chi connectivity index (χ3n) is 2.04. The van der Waals surface area contributed by atoms with E-state index in [1.807, 2.05) is 0 Å². The Kier molecular flexibility index (Phi) is 5.06. The maximum absolute atomic E-state index is 13.2. The summed E-state index contributed by atoms with van der Waals surface area (Å²) in [5.74, 6) is -2.23. The number of amides is 2. The highest BCUT2D eigenvalue weighted by Crippen LogP contribution is 2.08. The van der Waals surface area contributed by atoms with Crippen molar-refractivity contribution < 1.29 is 18.4 Å². The van der Waals surface area contributed by atoms with Crippen LogP contribution in [0.15, 0.2) is 18.2 Å². The molecule has 0 radical (unpaired) electrons. The first-order valence-corrected chi connectivity index (χ1v) is 5.05. The summed E-state index contributed by atoms with van der Waals surface area (Å²) in [4.78, 5) is 21.4. The van der Waals surface area contributed by atoms with Gasteiger partial charge in [0.15, 0.2) is 0 Å². The Bertz CT molecular complexity index is 410. The second kappa shape index (κ2) is 6.57. The van der Waals surface area contributed by atoms with Gasteiger partial charge in [-0.3, -0.25) is 9.59 Å². The Labute approximate surface area is 97.0 Å². The molecule has 0 atom stereocenters. The Balaban J connectivity index is 2.44.